The van der Waals surface area contributed by atoms with Gasteiger partial charge in [0.15, 0.2) is 0 Å². The maximum atomic E-state index is 12.2. The van der Waals surface area contributed by atoms with E-state index in [0.717, 1.165) is 0 Å². The van der Waals surface area contributed by atoms with Crippen LogP contribution < -0.4 is 5.73 Å². The van der Waals surface area contributed by atoms with Crippen molar-refractivity contribution >= 4 is 5.91 Å². The van der Waals surface area contributed by atoms with Crippen molar-refractivity contribution in [3.63, 3.8) is 0 Å². The number of para-hydroxylation sites is 1. The van der Waals surface area contributed by atoms with Gasteiger partial charge in [-0.3, -0.25) is 4.79 Å². The summed E-state index contributed by atoms with van der Waals surface area (Å²) in [5, 5.41) is 9.68. The Kier molecular flexibility index (Phi) is 4.39. The van der Waals surface area contributed by atoms with Crippen LogP contribution in [0.15, 0.2) is 24.3 Å². The molecule has 0 aromatic heterocycles. The summed E-state index contributed by atoms with van der Waals surface area (Å²) in [7, 11) is 0. The topological polar surface area (TPSA) is 75.8 Å². The summed E-state index contributed by atoms with van der Waals surface area (Å²) in [6.07, 6.45) is 0.0975. The third kappa shape index (κ3) is 3.45. The molecule has 1 aliphatic heterocycles. The van der Waals surface area contributed by atoms with Gasteiger partial charge < -0.3 is 20.5 Å². The zero-order chi connectivity index (χ0) is 13.8. The molecule has 1 heterocycles. The van der Waals surface area contributed by atoms with Gasteiger partial charge in [-0.1, -0.05) is 18.2 Å². The molecule has 0 radical (unpaired) electrons. The summed E-state index contributed by atoms with van der Waals surface area (Å²) >= 11 is 0. The normalized spacial score (nSPS) is 21.2. The Morgan fingerprint density at radius 2 is 2.32 bits per heavy atom. The highest BCUT2D eigenvalue weighted by Crippen LogP contribution is 2.18. The van der Waals surface area contributed by atoms with Crippen LogP contribution >= 0.6 is 0 Å². The number of nitrogens with two attached hydrogens (primary N) is 1. The molecule has 3 N–H and O–H groups in total. The average molecular weight is 264 g/mol. The molecule has 2 rings (SSSR count). The SMILES string of the molecule is CC(N)C1CN(C(=O)Cc2ccccc2O)CCO1. The van der Waals surface area contributed by atoms with Crippen molar-refractivity contribution in [2.75, 3.05) is 19.7 Å². The van der Waals surface area contributed by atoms with Gasteiger partial charge in [0.25, 0.3) is 0 Å². The maximum absolute atomic E-state index is 12.2. The highest BCUT2D eigenvalue weighted by atomic mass is 16.5. The molecule has 1 aromatic rings. The van der Waals surface area contributed by atoms with E-state index in [4.69, 9.17) is 10.5 Å². The first-order valence-electron chi connectivity index (χ1n) is 6.49. The molecule has 1 amide bonds. The highest BCUT2D eigenvalue weighted by molar-refractivity contribution is 5.79. The van der Waals surface area contributed by atoms with Crippen LogP contribution in [0.5, 0.6) is 5.75 Å². The lowest BCUT2D eigenvalue weighted by Crippen LogP contribution is -2.51. The van der Waals surface area contributed by atoms with E-state index in [9.17, 15) is 9.90 Å². The Balaban J connectivity index is 1.98. The number of ether oxygens (including phenoxy) is 1. The lowest BCUT2D eigenvalue weighted by atomic mass is 10.1. The number of hydrogen-bond donors (Lipinski definition) is 2. The Labute approximate surface area is 113 Å². The van der Waals surface area contributed by atoms with Crippen molar-refractivity contribution < 1.29 is 14.6 Å². The van der Waals surface area contributed by atoms with Gasteiger partial charge in [-0.2, -0.15) is 0 Å². The Bertz CT molecular complexity index is 448. The van der Waals surface area contributed by atoms with Gasteiger partial charge in [-0.25, -0.2) is 0 Å². The molecule has 19 heavy (non-hydrogen) atoms. The number of phenolic OH excluding ortho intramolecular Hbond substituents is 1. The molecule has 1 aliphatic rings. The van der Waals surface area contributed by atoms with E-state index in [2.05, 4.69) is 0 Å². The van der Waals surface area contributed by atoms with Gasteiger partial charge in [-0.15, -0.1) is 0 Å². The highest BCUT2D eigenvalue weighted by Gasteiger charge is 2.26. The van der Waals surface area contributed by atoms with Gasteiger partial charge in [0.05, 0.1) is 19.1 Å². The molecule has 1 saturated heterocycles. The van der Waals surface area contributed by atoms with E-state index in [-0.39, 0.29) is 30.2 Å². The Morgan fingerprint density at radius 3 is 3.00 bits per heavy atom. The fraction of sp³-hybridized carbons (Fsp3) is 0.500. The Morgan fingerprint density at radius 1 is 1.58 bits per heavy atom. The second kappa shape index (κ2) is 6.04. The summed E-state index contributed by atoms with van der Waals surface area (Å²) in [4.78, 5) is 14.0. The fourth-order valence-corrected chi connectivity index (χ4v) is 2.16. The van der Waals surface area contributed by atoms with Gasteiger partial charge in [-0.05, 0) is 13.0 Å². The van der Waals surface area contributed by atoms with Crippen molar-refractivity contribution in [3.05, 3.63) is 29.8 Å². The first-order valence-corrected chi connectivity index (χ1v) is 6.49. The maximum Gasteiger partial charge on any atom is 0.227 e. The van der Waals surface area contributed by atoms with Crippen molar-refractivity contribution in [3.8, 4) is 5.75 Å². The van der Waals surface area contributed by atoms with Crippen molar-refractivity contribution in [2.24, 2.45) is 5.73 Å². The quantitative estimate of drug-likeness (QED) is 0.834. The van der Waals surface area contributed by atoms with Gasteiger partial charge in [0, 0.05) is 24.7 Å². The predicted octanol–water partition coefficient (Wildman–Crippen LogP) is 0.509. The summed E-state index contributed by atoms with van der Waals surface area (Å²) in [5.41, 5.74) is 6.45. The first kappa shape index (κ1) is 13.8. The smallest absolute Gasteiger partial charge is 0.227 e. The van der Waals surface area contributed by atoms with E-state index in [1.807, 2.05) is 13.0 Å². The minimum absolute atomic E-state index is 0.00421. The molecule has 0 aliphatic carbocycles. The standard InChI is InChI=1S/C14H20N2O3/c1-10(15)13-9-16(6-7-19-13)14(18)8-11-4-2-3-5-12(11)17/h2-5,10,13,17H,6-9,15H2,1H3. The molecule has 104 valence electrons. The molecule has 2 atom stereocenters. The largest absolute Gasteiger partial charge is 0.508 e. The molecular formula is C14H20N2O3. The first-order chi connectivity index (χ1) is 9.08. The number of carbonyl (C=O) groups is 1. The van der Waals surface area contributed by atoms with E-state index in [1.54, 1.807) is 23.1 Å². The molecule has 1 fully saturated rings. The molecule has 0 bridgehead atoms. The fourth-order valence-electron chi connectivity index (χ4n) is 2.16. The van der Waals surface area contributed by atoms with Crippen LogP contribution in [-0.4, -0.2) is 47.8 Å². The number of phenols is 1. The Hall–Kier alpha value is -1.59. The van der Waals surface area contributed by atoms with Crippen molar-refractivity contribution in [2.45, 2.75) is 25.5 Å². The lowest BCUT2D eigenvalue weighted by molar-refractivity contribution is -0.138. The van der Waals surface area contributed by atoms with Crippen LogP contribution in [0.4, 0.5) is 0 Å². The number of morpholine rings is 1. The van der Waals surface area contributed by atoms with Crippen LogP contribution in [0.3, 0.4) is 0 Å². The average Bonchev–Trinajstić information content (AvgIpc) is 2.41. The van der Waals surface area contributed by atoms with Gasteiger partial charge >= 0.3 is 0 Å². The second-order valence-corrected chi connectivity index (χ2v) is 4.91. The summed E-state index contributed by atoms with van der Waals surface area (Å²) in [6.45, 7) is 3.49. The van der Waals surface area contributed by atoms with Crippen molar-refractivity contribution in [1.29, 1.82) is 0 Å². The van der Waals surface area contributed by atoms with Crippen LogP contribution in [0.2, 0.25) is 0 Å². The number of hydrogen-bond acceptors (Lipinski definition) is 4. The molecule has 0 spiro atoms. The number of nitrogens with zero attached hydrogens (tertiary/aromatic N) is 1. The number of carbonyl (C=O) groups excluding carboxylic acids is 1. The van der Waals surface area contributed by atoms with Crippen LogP contribution in [0.1, 0.15) is 12.5 Å². The summed E-state index contributed by atoms with van der Waals surface area (Å²) < 4.78 is 5.53. The predicted molar refractivity (Wildman–Crippen MR) is 71.8 cm³/mol. The third-order valence-electron chi connectivity index (χ3n) is 3.37. The summed E-state index contributed by atoms with van der Waals surface area (Å²) in [5.74, 6) is 0.156. The van der Waals surface area contributed by atoms with Crippen molar-refractivity contribution in [1.82, 2.24) is 4.90 Å². The van der Waals surface area contributed by atoms with Crippen LogP contribution in [0.25, 0.3) is 0 Å². The molecule has 0 saturated carbocycles. The number of rotatable bonds is 3. The molecule has 2 unspecified atom stereocenters. The van der Waals surface area contributed by atoms with Gasteiger partial charge in [0.1, 0.15) is 5.75 Å². The van der Waals surface area contributed by atoms with Gasteiger partial charge in [0.2, 0.25) is 5.91 Å². The number of benzene rings is 1. The van der Waals surface area contributed by atoms with E-state index >= 15 is 0 Å². The van der Waals surface area contributed by atoms with Crippen LogP contribution in [-0.2, 0) is 16.0 Å². The minimum Gasteiger partial charge on any atom is -0.508 e. The van der Waals surface area contributed by atoms with Crippen LogP contribution in [0, 0.1) is 0 Å². The van der Waals surface area contributed by atoms with E-state index in [0.29, 0.717) is 25.3 Å². The monoisotopic (exact) mass is 264 g/mol. The number of aromatic hydroxyl groups is 1. The molecular weight excluding hydrogens is 244 g/mol. The third-order valence-corrected chi connectivity index (χ3v) is 3.37. The van der Waals surface area contributed by atoms with E-state index in [1.165, 1.54) is 0 Å². The summed E-state index contributed by atoms with van der Waals surface area (Å²) in [6, 6.07) is 6.81. The zero-order valence-electron chi connectivity index (χ0n) is 11.1. The number of amides is 1. The molecule has 1 aromatic carbocycles. The molecule has 5 nitrogen and oxygen atoms in total. The zero-order valence-corrected chi connectivity index (χ0v) is 11.1. The van der Waals surface area contributed by atoms with E-state index < -0.39 is 0 Å². The second-order valence-electron chi connectivity index (χ2n) is 4.91. The molecule has 5 heteroatoms. The lowest BCUT2D eigenvalue weighted by Gasteiger charge is -2.34. The minimum atomic E-state index is -0.109.